The number of benzene rings is 9. The lowest BCUT2D eigenvalue weighted by Gasteiger charge is -2.52. The first kappa shape index (κ1) is 83.3. The second kappa shape index (κ2) is 41.2. The molecule has 0 spiro atoms. The number of carbonyl (C=O) groups is 1. The number of hydrogen-bond acceptors (Lipinski definition) is 17. The van der Waals surface area contributed by atoms with Crippen LogP contribution in [0.3, 0.4) is 0 Å². The van der Waals surface area contributed by atoms with E-state index >= 15 is 0 Å². The maximum Gasteiger partial charge on any atom is 0.471 e. The van der Waals surface area contributed by atoms with Gasteiger partial charge in [0.05, 0.1) is 79.3 Å². The molecule has 3 aliphatic heterocycles. The van der Waals surface area contributed by atoms with Crippen molar-refractivity contribution in [3.05, 3.63) is 317 Å². The molecule has 0 aliphatic carbocycles. The summed E-state index contributed by atoms with van der Waals surface area (Å²) in [5.74, 6) is -2.10. The van der Waals surface area contributed by atoms with Crippen molar-refractivity contribution in [1.29, 1.82) is 0 Å². The third-order valence-electron chi connectivity index (χ3n) is 20.4. The summed E-state index contributed by atoms with van der Waals surface area (Å²) in [5, 5.41) is 15.1. The van der Waals surface area contributed by atoms with Gasteiger partial charge in [-0.2, -0.15) is 13.2 Å². The first-order chi connectivity index (χ1) is 54.4. The monoisotopic (exact) mass is 1550 g/mol. The van der Waals surface area contributed by atoms with Crippen LogP contribution < -0.4 is 5.32 Å². The van der Waals surface area contributed by atoms with Crippen molar-refractivity contribution in [2.45, 2.75) is 196 Å². The molecule has 12 rings (SSSR count). The van der Waals surface area contributed by atoms with E-state index in [0.717, 1.165) is 44.5 Å². The number of anilines is 1. The molecule has 22 heteroatoms. The summed E-state index contributed by atoms with van der Waals surface area (Å²) >= 11 is 0. The topological polar surface area (TPSA) is 188 Å². The van der Waals surface area contributed by atoms with Crippen LogP contribution in [0, 0.1) is 0 Å². The number of hydrogen-bond donors (Lipinski definition) is 2. The van der Waals surface area contributed by atoms with E-state index < -0.39 is 113 Å². The number of nitrogens with one attached hydrogen (secondary N) is 1. The Labute approximate surface area is 655 Å². The van der Waals surface area contributed by atoms with Gasteiger partial charge in [0.1, 0.15) is 73.2 Å². The van der Waals surface area contributed by atoms with E-state index in [1.807, 2.05) is 248 Å². The van der Waals surface area contributed by atoms with Gasteiger partial charge in [0.2, 0.25) is 0 Å². The molecule has 9 aromatic carbocycles. The van der Waals surface area contributed by atoms with Crippen LogP contribution in [0.25, 0.3) is 0 Å². The van der Waals surface area contributed by atoms with Crippen LogP contribution in [0.5, 0.6) is 0 Å². The van der Waals surface area contributed by atoms with Gasteiger partial charge < -0.3 is 81.2 Å². The Morgan fingerprint density at radius 2 is 0.688 bits per heavy atom. The second-order valence-corrected chi connectivity index (χ2v) is 34.5. The van der Waals surface area contributed by atoms with Gasteiger partial charge in [-0.3, -0.25) is 4.79 Å². The Morgan fingerprint density at radius 3 is 1.08 bits per heavy atom. The highest BCUT2D eigenvalue weighted by atomic mass is 28.4. The summed E-state index contributed by atoms with van der Waals surface area (Å²) in [4.78, 5) is 12.0. The van der Waals surface area contributed by atoms with Crippen LogP contribution in [0.1, 0.15) is 70.8 Å². The summed E-state index contributed by atoms with van der Waals surface area (Å²) in [5.41, 5.74) is 7.57. The minimum atomic E-state index is -5.09. The molecular weight excluding hydrogens is 1450 g/mol. The second-order valence-electron chi connectivity index (χ2n) is 29.7. The molecule has 1 amide bonds. The summed E-state index contributed by atoms with van der Waals surface area (Å²) in [6.07, 6.45) is -23.0. The molecule has 18 nitrogen and oxygen atoms in total. The first-order valence-electron chi connectivity index (χ1n) is 38.2. The Hall–Kier alpha value is -8.18. The zero-order valence-electron chi connectivity index (χ0n) is 63.9. The number of amides is 1. The molecule has 3 aliphatic rings. The molecule has 0 bridgehead atoms. The summed E-state index contributed by atoms with van der Waals surface area (Å²) in [6, 6.07) is 84.0. The third-order valence-corrected chi connectivity index (χ3v) is 24.9. The van der Waals surface area contributed by atoms with Crippen LogP contribution >= 0.6 is 0 Å². The summed E-state index contributed by atoms with van der Waals surface area (Å²) in [7, 11) is -2.74. The minimum Gasteiger partial charge on any atom is -0.414 e. The average molecular weight is 1550 g/mol. The lowest BCUT2D eigenvalue weighted by molar-refractivity contribution is -0.397. The third kappa shape index (κ3) is 24.2. The van der Waals surface area contributed by atoms with Gasteiger partial charge >= 0.3 is 12.1 Å². The SMILES string of the molecule is CC(C)(C)[Si](C)(C)OC[C@H]1O[C@H](OCCc2ccc(NC(=O)C(F)(F)F)cc2)[C@H](OCc2ccccc2)[C@@H](O[C@@H]2O[C@H](COCc3ccccc3)[C@@H](OCc3ccccc3)[C@H](OCc3ccccc3)[C@H]2OCc2ccccc2)[C@@H]1O[C@@H]1O[C@H](COCc2ccccc2)[C@@H](OCc2ccccc2)[C@H](OCc2ccccc2)[C@H]1O. The quantitative estimate of drug-likeness (QED) is 0.0348. The normalized spacial score (nSPS) is 24.3. The molecule has 3 fully saturated rings. The molecule has 0 saturated carbocycles. The van der Waals surface area contributed by atoms with Gasteiger partial charge in [-0.05, 0) is 86.8 Å². The average Bonchev–Trinajstić information content (AvgIpc) is 0.759. The van der Waals surface area contributed by atoms with Gasteiger partial charge in [-0.1, -0.05) is 276 Å². The number of rotatable bonds is 38. The number of ether oxygens (including phenoxy) is 14. The fraction of sp³-hybridized carbons (Fsp3) is 0.389. The molecule has 0 unspecified atom stereocenters. The largest absolute Gasteiger partial charge is 0.471 e. The number of halogens is 3. The number of carbonyl (C=O) groups excluding carboxylic acids is 1. The number of aliphatic hydroxyl groups excluding tert-OH is 1. The van der Waals surface area contributed by atoms with Crippen molar-refractivity contribution in [3.8, 4) is 0 Å². The lowest BCUT2D eigenvalue weighted by atomic mass is 9.95. The Morgan fingerprint density at radius 1 is 0.366 bits per heavy atom. The van der Waals surface area contributed by atoms with Crippen molar-refractivity contribution in [3.63, 3.8) is 0 Å². The van der Waals surface area contributed by atoms with Gasteiger partial charge in [-0.25, -0.2) is 0 Å². The Bertz CT molecular complexity index is 4170. The van der Waals surface area contributed by atoms with E-state index in [-0.39, 0.29) is 96.4 Å². The predicted octanol–water partition coefficient (Wildman–Crippen LogP) is 16.0. The molecule has 0 aromatic heterocycles. The van der Waals surface area contributed by atoms with Gasteiger partial charge in [0.15, 0.2) is 27.2 Å². The van der Waals surface area contributed by atoms with E-state index in [1.54, 1.807) is 12.1 Å². The number of alkyl halides is 3. The molecule has 0 radical (unpaired) electrons. The maximum absolute atomic E-state index is 13.5. The first-order valence-corrected chi connectivity index (χ1v) is 41.1. The van der Waals surface area contributed by atoms with Gasteiger partial charge in [0.25, 0.3) is 0 Å². The van der Waals surface area contributed by atoms with Crippen molar-refractivity contribution >= 4 is 19.9 Å². The van der Waals surface area contributed by atoms with Crippen LogP contribution in [0.4, 0.5) is 18.9 Å². The minimum absolute atomic E-state index is 0.0232. The van der Waals surface area contributed by atoms with E-state index in [1.165, 1.54) is 12.1 Å². The van der Waals surface area contributed by atoms with Crippen LogP contribution in [-0.4, -0.2) is 144 Å². The fourth-order valence-electron chi connectivity index (χ4n) is 13.3. The zero-order valence-corrected chi connectivity index (χ0v) is 64.9. The highest BCUT2D eigenvalue weighted by Gasteiger charge is 2.58. The standard InChI is InChI=1S/C90H102F3NO17Si/c1-89(2,3)112(4,5)106-62-75-79(110-85-76(95)80(102-56-68-38-22-10-23-39-68)77(100-54-66-34-18-8-19-35-66)73(107-85)60-97-52-64-30-14-6-15-31-64)82(84(105-59-71-44-28-13-29-45-71)86(108-75)99-51-50-63-46-48-72(49-47-63)94-88(96)90(91,92)93)111-87-83(104-58-70-42-26-12-27-43-70)81(103-57-69-40-24-11-25-41-69)78(101-55-67-36-20-9-21-37-67)74(109-87)61-98-53-65-32-16-7-17-33-65/h6-49,73-87,95H,50-62H2,1-5H3,(H,94,96)/t73-,74-,75-,76-,77-,78-,79-,80-,81+,82+,83-,84-,85+,86+,87+/m1/s1. The highest BCUT2D eigenvalue weighted by Crippen LogP contribution is 2.42. The summed E-state index contributed by atoms with van der Waals surface area (Å²) < 4.78 is 149. The van der Waals surface area contributed by atoms with E-state index in [9.17, 15) is 23.1 Å². The van der Waals surface area contributed by atoms with Gasteiger partial charge in [0, 0.05) is 5.69 Å². The smallest absolute Gasteiger partial charge is 0.414 e. The van der Waals surface area contributed by atoms with Crippen LogP contribution in [-0.2, 0) is 135 Å². The molecule has 15 atom stereocenters. The van der Waals surface area contributed by atoms with Crippen molar-refractivity contribution in [2.75, 3.05) is 31.7 Å². The molecule has 112 heavy (non-hydrogen) atoms. The molecule has 9 aromatic rings. The Balaban J connectivity index is 1.000. The van der Waals surface area contributed by atoms with Crippen molar-refractivity contribution in [2.24, 2.45) is 0 Å². The van der Waals surface area contributed by atoms with Gasteiger partial charge in [-0.15, -0.1) is 0 Å². The Kier molecular flexibility index (Phi) is 30.6. The van der Waals surface area contributed by atoms with Crippen LogP contribution in [0.2, 0.25) is 18.1 Å². The molecule has 594 valence electrons. The molecule has 3 saturated heterocycles. The van der Waals surface area contributed by atoms with E-state index in [0.29, 0.717) is 5.56 Å². The van der Waals surface area contributed by atoms with Crippen LogP contribution in [0.15, 0.2) is 267 Å². The zero-order chi connectivity index (χ0) is 78.1. The van der Waals surface area contributed by atoms with E-state index in [4.69, 9.17) is 70.7 Å². The predicted molar refractivity (Wildman–Crippen MR) is 418 cm³/mol. The highest BCUT2D eigenvalue weighted by molar-refractivity contribution is 6.74. The maximum atomic E-state index is 13.5. The number of aliphatic hydroxyl groups is 1. The molecular formula is C90H102F3NO17Si. The van der Waals surface area contributed by atoms with E-state index in [2.05, 4.69) is 33.9 Å². The lowest BCUT2D eigenvalue weighted by Crippen LogP contribution is -2.68. The molecule has 2 N–H and O–H groups in total. The molecule has 3 heterocycles. The fourth-order valence-corrected chi connectivity index (χ4v) is 14.3. The summed E-state index contributed by atoms with van der Waals surface area (Å²) in [6.45, 7) is 11.4. The van der Waals surface area contributed by atoms with Crippen molar-refractivity contribution < 1.29 is 93.8 Å². The van der Waals surface area contributed by atoms with Crippen molar-refractivity contribution in [1.82, 2.24) is 0 Å².